The Balaban J connectivity index is 2.50. The highest BCUT2D eigenvalue weighted by atomic mass is 16.5. The van der Waals surface area contributed by atoms with Crippen LogP contribution in [-0.4, -0.2) is 17.3 Å². The van der Waals surface area contributed by atoms with Crippen molar-refractivity contribution in [3.05, 3.63) is 29.8 Å². The summed E-state index contributed by atoms with van der Waals surface area (Å²) in [5, 5.41) is 10.7. The molecule has 2 rings (SSSR count). The normalized spacial score (nSPS) is 26.1. The molecule has 1 aromatic carbocycles. The van der Waals surface area contributed by atoms with Gasteiger partial charge in [-0.2, -0.15) is 0 Å². The minimum absolute atomic E-state index is 0.231. The van der Waals surface area contributed by atoms with Gasteiger partial charge in [0.15, 0.2) is 0 Å². The third-order valence-electron chi connectivity index (χ3n) is 3.96. The predicted molar refractivity (Wildman–Crippen MR) is 68.0 cm³/mol. The number of rotatable bonds is 3. The van der Waals surface area contributed by atoms with Gasteiger partial charge in [-0.3, -0.25) is 0 Å². The molecule has 1 atom stereocenters. The van der Waals surface area contributed by atoms with Gasteiger partial charge in [-0.15, -0.1) is 0 Å². The largest absolute Gasteiger partial charge is 0.487 e. The second-order valence-corrected chi connectivity index (χ2v) is 4.90. The lowest BCUT2D eigenvalue weighted by molar-refractivity contribution is -0.0777. The quantitative estimate of drug-likeness (QED) is 0.844. The second kappa shape index (κ2) is 4.31. The molecular weight excluding hydrogens is 214 g/mol. The van der Waals surface area contributed by atoms with Gasteiger partial charge >= 0.3 is 0 Å². The van der Waals surface area contributed by atoms with Crippen LogP contribution in [0.2, 0.25) is 0 Å². The Labute approximate surface area is 103 Å². The van der Waals surface area contributed by atoms with Gasteiger partial charge < -0.3 is 15.6 Å². The number of para-hydroxylation sites is 1. The van der Waals surface area contributed by atoms with Crippen LogP contribution in [0.3, 0.4) is 0 Å². The molecule has 1 unspecified atom stereocenters. The molecule has 3 heteroatoms. The van der Waals surface area contributed by atoms with Crippen LogP contribution in [0.5, 0.6) is 5.75 Å². The Hall–Kier alpha value is -1.06. The lowest BCUT2D eigenvalue weighted by Gasteiger charge is -2.45. The molecular formula is C14H21NO2. The number of aliphatic hydroxyl groups is 1. The van der Waals surface area contributed by atoms with Gasteiger partial charge in [0.05, 0.1) is 0 Å². The van der Waals surface area contributed by atoms with E-state index in [4.69, 9.17) is 10.5 Å². The monoisotopic (exact) mass is 235 g/mol. The van der Waals surface area contributed by atoms with Crippen molar-refractivity contribution in [1.82, 2.24) is 0 Å². The van der Waals surface area contributed by atoms with Crippen LogP contribution in [-0.2, 0) is 5.60 Å². The lowest BCUT2D eigenvalue weighted by Crippen LogP contribution is -2.50. The lowest BCUT2D eigenvalue weighted by atomic mass is 9.76. The van der Waals surface area contributed by atoms with Gasteiger partial charge in [-0.05, 0) is 18.9 Å². The number of fused-ring (bicyclic) bond motifs is 1. The van der Waals surface area contributed by atoms with Crippen LogP contribution in [0, 0.1) is 0 Å². The SMILES string of the molecule is CCC1(CC)CC(O)(CN)c2ccccc2O1. The van der Waals surface area contributed by atoms with E-state index in [1.54, 1.807) is 0 Å². The molecule has 0 aromatic heterocycles. The Morgan fingerprint density at radius 2 is 1.94 bits per heavy atom. The summed E-state index contributed by atoms with van der Waals surface area (Å²) in [5.74, 6) is 0.774. The van der Waals surface area contributed by atoms with Crippen LogP contribution in [0.4, 0.5) is 0 Å². The summed E-state index contributed by atoms with van der Waals surface area (Å²) >= 11 is 0. The highest BCUT2D eigenvalue weighted by Crippen LogP contribution is 2.45. The summed E-state index contributed by atoms with van der Waals surface area (Å²) in [7, 11) is 0. The molecule has 1 aromatic rings. The second-order valence-electron chi connectivity index (χ2n) is 4.90. The summed E-state index contributed by atoms with van der Waals surface area (Å²) in [4.78, 5) is 0. The van der Waals surface area contributed by atoms with Crippen molar-refractivity contribution in [3.63, 3.8) is 0 Å². The maximum absolute atomic E-state index is 10.7. The summed E-state index contributed by atoms with van der Waals surface area (Å²) in [6.45, 7) is 4.41. The molecule has 1 aliphatic heterocycles. The van der Waals surface area contributed by atoms with Crippen molar-refractivity contribution >= 4 is 0 Å². The Morgan fingerprint density at radius 3 is 2.53 bits per heavy atom. The summed E-state index contributed by atoms with van der Waals surface area (Å²) < 4.78 is 6.10. The molecule has 94 valence electrons. The summed E-state index contributed by atoms with van der Waals surface area (Å²) in [6.07, 6.45) is 2.32. The van der Waals surface area contributed by atoms with Crippen LogP contribution < -0.4 is 10.5 Å². The minimum Gasteiger partial charge on any atom is -0.487 e. The molecule has 0 fully saturated rings. The maximum atomic E-state index is 10.7. The van der Waals surface area contributed by atoms with E-state index < -0.39 is 5.60 Å². The van der Waals surface area contributed by atoms with E-state index in [2.05, 4.69) is 13.8 Å². The molecule has 1 aliphatic rings. The van der Waals surface area contributed by atoms with Crippen LogP contribution in [0.1, 0.15) is 38.7 Å². The Kier molecular flexibility index (Phi) is 3.15. The van der Waals surface area contributed by atoms with Gasteiger partial charge in [0, 0.05) is 18.5 Å². The number of ether oxygens (including phenoxy) is 1. The first kappa shape index (κ1) is 12.4. The molecule has 0 saturated carbocycles. The van der Waals surface area contributed by atoms with Gasteiger partial charge in [0.1, 0.15) is 17.0 Å². The van der Waals surface area contributed by atoms with Gasteiger partial charge in [0.2, 0.25) is 0 Å². The fraction of sp³-hybridized carbons (Fsp3) is 0.571. The van der Waals surface area contributed by atoms with Crippen molar-refractivity contribution in [2.75, 3.05) is 6.54 Å². The zero-order valence-corrected chi connectivity index (χ0v) is 10.6. The molecule has 0 saturated heterocycles. The average Bonchev–Trinajstić information content (AvgIpc) is 2.38. The smallest absolute Gasteiger partial charge is 0.126 e. The fourth-order valence-electron chi connectivity index (χ4n) is 2.66. The zero-order valence-electron chi connectivity index (χ0n) is 10.6. The molecule has 1 heterocycles. The van der Waals surface area contributed by atoms with E-state index in [1.807, 2.05) is 24.3 Å². The Morgan fingerprint density at radius 1 is 1.29 bits per heavy atom. The standard InChI is InChI=1S/C14H21NO2/c1-3-13(4-2)9-14(16,10-15)11-7-5-6-8-12(11)17-13/h5-8,16H,3-4,9-10,15H2,1-2H3. The van der Waals surface area contributed by atoms with Crippen molar-refractivity contribution in [3.8, 4) is 5.75 Å². The van der Waals surface area contributed by atoms with E-state index in [0.29, 0.717) is 6.42 Å². The maximum Gasteiger partial charge on any atom is 0.126 e. The van der Waals surface area contributed by atoms with Gasteiger partial charge in [-0.1, -0.05) is 32.0 Å². The Bertz CT molecular complexity index is 401. The third kappa shape index (κ3) is 1.94. The summed E-state index contributed by atoms with van der Waals surface area (Å²) in [6, 6.07) is 7.65. The first-order valence-electron chi connectivity index (χ1n) is 6.30. The molecule has 0 bridgehead atoms. The van der Waals surface area contributed by atoms with E-state index in [9.17, 15) is 5.11 Å². The van der Waals surface area contributed by atoms with Crippen LogP contribution >= 0.6 is 0 Å². The van der Waals surface area contributed by atoms with Crippen molar-refractivity contribution < 1.29 is 9.84 Å². The highest BCUT2D eigenvalue weighted by molar-refractivity contribution is 5.41. The first-order chi connectivity index (χ1) is 8.09. The molecule has 0 amide bonds. The zero-order chi connectivity index (χ0) is 12.5. The fourth-order valence-corrected chi connectivity index (χ4v) is 2.66. The number of benzene rings is 1. The molecule has 0 spiro atoms. The van der Waals surface area contributed by atoms with E-state index in [0.717, 1.165) is 24.2 Å². The summed E-state index contributed by atoms with van der Waals surface area (Å²) in [5.41, 5.74) is 5.35. The van der Waals surface area contributed by atoms with Crippen LogP contribution in [0.25, 0.3) is 0 Å². The van der Waals surface area contributed by atoms with Crippen molar-refractivity contribution in [1.29, 1.82) is 0 Å². The molecule has 0 radical (unpaired) electrons. The third-order valence-corrected chi connectivity index (χ3v) is 3.96. The topological polar surface area (TPSA) is 55.5 Å². The van der Waals surface area contributed by atoms with Gasteiger partial charge in [0.25, 0.3) is 0 Å². The predicted octanol–water partition coefficient (Wildman–Crippen LogP) is 2.17. The number of hydrogen-bond donors (Lipinski definition) is 2. The number of hydrogen-bond acceptors (Lipinski definition) is 3. The molecule has 17 heavy (non-hydrogen) atoms. The minimum atomic E-state index is -0.957. The number of nitrogens with two attached hydrogens (primary N) is 1. The van der Waals surface area contributed by atoms with E-state index in [-0.39, 0.29) is 12.1 Å². The van der Waals surface area contributed by atoms with Gasteiger partial charge in [-0.25, -0.2) is 0 Å². The van der Waals surface area contributed by atoms with Crippen molar-refractivity contribution in [2.24, 2.45) is 5.73 Å². The van der Waals surface area contributed by atoms with Crippen molar-refractivity contribution in [2.45, 2.75) is 44.3 Å². The first-order valence-corrected chi connectivity index (χ1v) is 6.30. The highest BCUT2D eigenvalue weighted by Gasteiger charge is 2.45. The molecule has 0 aliphatic carbocycles. The van der Waals surface area contributed by atoms with E-state index in [1.165, 1.54) is 0 Å². The van der Waals surface area contributed by atoms with Crippen LogP contribution in [0.15, 0.2) is 24.3 Å². The van der Waals surface area contributed by atoms with E-state index >= 15 is 0 Å². The average molecular weight is 235 g/mol. The molecule has 3 nitrogen and oxygen atoms in total. The molecule has 3 N–H and O–H groups in total.